The van der Waals surface area contributed by atoms with Gasteiger partial charge in [0.15, 0.2) is 0 Å². The van der Waals surface area contributed by atoms with E-state index in [2.05, 4.69) is 11.1 Å². The first-order chi connectivity index (χ1) is 10.2. The smallest absolute Gasteiger partial charge is 0.140 e. The summed E-state index contributed by atoms with van der Waals surface area (Å²) in [5.41, 5.74) is 0.486. The quantitative estimate of drug-likeness (QED) is 0.732. The lowest BCUT2D eigenvalue weighted by atomic mass is 10.0. The van der Waals surface area contributed by atoms with Crippen molar-refractivity contribution in [2.24, 2.45) is 0 Å². The van der Waals surface area contributed by atoms with Crippen LogP contribution in [-0.4, -0.2) is 41.9 Å². The first-order valence-electron chi connectivity index (χ1n) is 6.67. The number of nitrogens with zero attached hydrogens (tertiary/aromatic N) is 2. The van der Waals surface area contributed by atoms with Crippen molar-refractivity contribution in [2.45, 2.75) is 24.2 Å². The molecule has 0 saturated carbocycles. The van der Waals surface area contributed by atoms with Crippen LogP contribution in [0.5, 0.6) is 0 Å². The van der Waals surface area contributed by atoms with Crippen LogP contribution in [0, 0.1) is 11.3 Å². The first-order valence-corrected chi connectivity index (χ1v) is 7.66. The Bertz CT molecular complexity index is 739. The third-order valence-electron chi connectivity index (χ3n) is 3.27. The van der Waals surface area contributed by atoms with E-state index < -0.39 is 0 Å². The number of hydrogen-bond acceptors (Lipinski definition) is 6. The molecule has 5 nitrogen and oxygen atoms in total. The van der Waals surface area contributed by atoms with E-state index in [1.807, 2.05) is 12.2 Å². The normalized spacial score (nSPS) is 23.0. The zero-order valence-corrected chi connectivity index (χ0v) is 12.4. The summed E-state index contributed by atoms with van der Waals surface area (Å²) in [6, 6.07) is 3.94. The summed E-state index contributed by atoms with van der Waals surface area (Å²) >= 11 is 1.29. The fourth-order valence-corrected chi connectivity index (χ4v) is 3.09. The van der Waals surface area contributed by atoms with Gasteiger partial charge >= 0.3 is 0 Å². The second-order valence-electron chi connectivity index (χ2n) is 4.92. The monoisotopic (exact) mass is 302 g/mol. The fraction of sp³-hybridized carbons (Fsp3) is 0.400. The molecule has 1 saturated heterocycles. The molecule has 108 valence electrons. The summed E-state index contributed by atoms with van der Waals surface area (Å²) < 4.78 is 11.3. The van der Waals surface area contributed by atoms with E-state index in [1.165, 1.54) is 18.7 Å². The van der Waals surface area contributed by atoms with E-state index in [-0.39, 0.29) is 18.0 Å². The van der Waals surface area contributed by atoms with Gasteiger partial charge in [0.25, 0.3) is 0 Å². The van der Waals surface area contributed by atoms with Gasteiger partial charge in [-0.2, -0.15) is 5.26 Å². The van der Waals surface area contributed by atoms with Gasteiger partial charge < -0.3 is 9.47 Å². The number of carbonyl (C=O) groups excluding carboxylic acids is 1. The maximum Gasteiger partial charge on any atom is 0.140 e. The minimum atomic E-state index is -0.127. The number of Topliss-reactive ketones (excluding diaryl/α,β-unsaturated/α-hetero) is 1. The summed E-state index contributed by atoms with van der Waals surface area (Å²) in [6.45, 7) is 2.67. The summed E-state index contributed by atoms with van der Waals surface area (Å²) in [5.74, 6) is 0.374. The fourth-order valence-electron chi connectivity index (χ4n) is 2.33. The van der Waals surface area contributed by atoms with Crippen LogP contribution in [0.3, 0.4) is 0 Å². The molecule has 0 radical (unpaired) electrons. The van der Waals surface area contributed by atoms with E-state index in [9.17, 15) is 10.1 Å². The van der Waals surface area contributed by atoms with Gasteiger partial charge in [-0.3, -0.25) is 4.79 Å². The highest BCUT2D eigenvalue weighted by Gasteiger charge is 2.25. The predicted molar refractivity (Wildman–Crippen MR) is 78.0 cm³/mol. The molecule has 2 aliphatic rings. The number of thioether (sulfide) groups is 1. The van der Waals surface area contributed by atoms with Crippen molar-refractivity contribution in [3.05, 3.63) is 22.2 Å². The lowest BCUT2D eigenvalue weighted by molar-refractivity contribution is -0.114. The molecular weight excluding hydrogens is 288 g/mol. The molecule has 0 spiro atoms. The van der Waals surface area contributed by atoms with Crippen molar-refractivity contribution in [1.82, 2.24) is 4.98 Å². The Balaban J connectivity index is 2.03. The van der Waals surface area contributed by atoms with Gasteiger partial charge in [-0.25, -0.2) is 4.98 Å². The molecule has 1 aliphatic heterocycles. The Morgan fingerprint density at radius 1 is 1.43 bits per heavy atom. The standard InChI is InChI=1S/C15H14N2O3S/c1-9(18)8-21-15-11(7-16)4-10-5-13-14(6-12(10)17-15)20-3-2-19-13/h4-6,13-14H,2-3,8H2,1H3. The molecule has 2 unspecified atom stereocenters. The van der Waals surface area contributed by atoms with Crippen molar-refractivity contribution >= 4 is 29.7 Å². The molecule has 1 aromatic heterocycles. The number of carbonyl (C=O) groups is 1. The van der Waals surface area contributed by atoms with Gasteiger partial charge in [-0.05, 0) is 25.1 Å². The molecule has 0 amide bonds. The molecule has 3 rings (SSSR count). The van der Waals surface area contributed by atoms with Crippen molar-refractivity contribution in [3.8, 4) is 6.07 Å². The average Bonchev–Trinajstić information content (AvgIpc) is 2.49. The van der Waals surface area contributed by atoms with Gasteiger partial charge in [0.2, 0.25) is 0 Å². The Hall–Kier alpha value is -1.68. The molecule has 1 aromatic rings. The second kappa shape index (κ2) is 5.98. The number of ether oxygens (including phenoxy) is 2. The van der Waals surface area contributed by atoms with Gasteiger partial charge in [0.1, 0.15) is 29.1 Å². The van der Waals surface area contributed by atoms with Gasteiger partial charge in [0.05, 0.1) is 29.9 Å². The lowest BCUT2D eigenvalue weighted by Gasteiger charge is -2.29. The number of rotatable bonds is 3. The number of nitriles is 1. The van der Waals surface area contributed by atoms with Crippen LogP contribution in [0.25, 0.3) is 12.2 Å². The molecule has 21 heavy (non-hydrogen) atoms. The highest BCUT2D eigenvalue weighted by Crippen LogP contribution is 2.19. The number of aromatic nitrogens is 1. The summed E-state index contributed by atoms with van der Waals surface area (Å²) in [5, 5.41) is 11.5. The summed E-state index contributed by atoms with van der Waals surface area (Å²) in [7, 11) is 0. The van der Waals surface area contributed by atoms with E-state index in [0.29, 0.717) is 29.6 Å². The van der Waals surface area contributed by atoms with Crippen molar-refractivity contribution in [2.75, 3.05) is 19.0 Å². The molecule has 2 heterocycles. The largest absolute Gasteiger partial charge is 0.369 e. The molecule has 0 N–H and O–H groups in total. The topological polar surface area (TPSA) is 72.2 Å². The molecule has 1 aliphatic carbocycles. The maximum absolute atomic E-state index is 11.1. The predicted octanol–water partition coefficient (Wildman–Crippen LogP) is -0.00702. The minimum Gasteiger partial charge on any atom is -0.369 e. The Morgan fingerprint density at radius 3 is 2.81 bits per heavy atom. The molecule has 0 bridgehead atoms. The van der Waals surface area contributed by atoms with Crippen LogP contribution < -0.4 is 10.6 Å². The van der Waals surface area contributed by atoms with Crippen molar-refractivity contribution in [3.63, 3.8) is 0 Å². The second-order valence-corrected chi connectivity index (χ2v) is 5.89. The van der Waals surface area contributed by atoms with Crippen LogP contribution in [0.4, 0.5) is 0 Å². The third-order valence-corrected chi connectivity index (χ3v) is 4.41. The van der Waals surface area contributed by atoms with Crippen LogP contribution in [0.2, 0.25) is 0 Å². The first kappa shape index (κ1) is 14.3. The highest BCUT2D eigenvalue weighted by atomic mass is 32.2. The highest BCUT2D eigenvalue weighted by molar-refractivity contribution is 8.00. The SMILES string of the molecule is CC(=O)CSc1nc2c(cc1C#N)=CC1OCCOC1C=2. The average molecular weight is 302 g/mol. The van der Waals surface area contributed by atoms with Crippen LogP contribution in [-0.2, 0) is 14.3 Å². The Kier molecular flexibility index (Phi) is 4.06. The molecule has 1 fully saturated rings. The van der Waals surface area contributed by atoms with Gasteiger partial charge in [-0.15, -0.1) is 0 Å². The van der Waals surface area contributed by atoms with Crippen LogP contribution in [0.15, 0.2) is 11.1 Å². The summed E-state index contributed by atoms with van der Waals surface area (Å²) in [6.07, 6.45) is 3.64. The zero-order chi connectivity index (χ0) is 14.8. The lowest BCUT2D eigenvalue weighted by Crippen LogP contribution is -2.45. The number of pyridine rings is 1. The molecular formula is C15H14N2O3S. The summed E-state index contributed by atoms with van der Waals surface area (Å²) in [4.78, 5) is 15.6. The third kappa shape index (κ3) is 3.00. The van der Waals surface area contributed by atoms with Crippen molar-refractivity contribution < 1.29 is 14.3 Å². The van der Waals surface area contributed by atoms with Crippen molar-refractivity contribution in [1.29, 1.82) is 5.26 Å². The van der Waals surface area contributed by atoms with Crippen LogP contribution in [0.1, 0.15) is 12.5 Å². The Labute approximate surface area is 126 Å². The zero-order valence-electron chi connectivity index (χ0n) is 11.5. The van der Waals surface area contributed by atoms with E-state index >= 15 is 0 Å². The van der Waals surface area contributed by atoms with Crippen LogP contribution >= 0.6 is 11.8 Å². The van der Waals surface area contributed by atoms with Gasteiger partial charge in [-0.1, -0.05) is 11.8 Å². The maximum atomic E-state index is 11.1. The van der Waals surface area contributed by atoms with E-state index in [0.717, 1.165) is 10.6 Å². The van der Waals surface area contributed by atoms with Gasteiger partial charge in [0, 0.05) is 5.22 Å². The molecule has 0 aromatic carbocycles. The van der Waals surface area contributed by atoms with E-state index in [1.54, 1.807) is 6.07 Å². The Morgan fingerprint density at radius 2 is 2.14 bits per heavy atom. The number of fused-ring (bicyclic) bond motifs is 2. The number of ketones is 1. The molecule has 6 heteroatoms. The number of hydrogen-bond donors (Lipinski definition) is 0. The minimum absolute atomic E-state index is 0.0584. The van der Waals surface area contributed by atoms with E-state index in [4.69, 9.17) is 9.47 Å². The molecule has 2 atom stereocenters.